The van der Waals surface area contributed by atoms with Crippen molar-refractivity contribution in [2.75, 3.05) is 6.61 Å². The number of aryl methyl sites for hydroxylation is 1. The lowest BCUT2D eigenvalue weighted by molar-refractivity contribution is -0.124. The molecule has 0 unspecified atom stereocenters. The predicted octanol–water partition coefficient (Wildman–Crippen LogP) is 4.19. The Bertz CT molecular complexity index is 834. The Morgan fingerprint density at radius 1 is 1.26 bits per heavy atom. The number of rotatable bonds is 7. The van der Waals surface area contributed by atoms with Crippen molar-refractivity contribution >= 4 is 35.1 Å². The first-order chi connectivity index (χ1) is 12.7. The van der Waals surface area contributed by atoms with E-state index in [1.165, 1.54) is 0 Å². The molecule has 1 N–H and O–H groups in total. The molecule has 27 heavy (non-hydrogen) atoms. The summed E-state index contributed by atoms with van der Waals surface area (Å²) in [6.07, 6.45) is 0. The molecule has 0 saturated heterocycles. The summed E-state index contributed by atoms with van der Waals surface area (Å²) < 4.78 is 6.68. The average Bonchev–Trinajstić information content (AvgIpc) is 2.85. The van der Waals surface area contributed by atoms with Crippen LogP contribution in [0.1, 0.15) is 48.4 Å². The van der Waals surface area contributed by atoms with E-state index in [2.05, 4.69) is 10.4 Å². The minimum atomic E-state index is -0.668. The number of ether oxygens (including phenoxy) is 1. The highest BCUT2D eigenvalue weighted by atomic mass is 35.5. The van der Waals surface area contributed by atoms with Gasteiger partial charge in [0.25, 0.3) is 5.91 Å². The number of amides is 1. The number of nitrogens with zero attached hydrogens (tertiary/aromatic N) is 2. The quantitative estimate of drug-likeness (QED) is 0.693. The highest BCUT2D eigenvalue weighted by molar-refractivity contribution is 6.32. The van der Waals surface area contributed by atoms with E-state index in [1.54, 1.807) is 29.8 Å². The summed E-state index contributed by atoms with van der Waals surface area (Å²) in [7, 11) is 0. The molecule has 146 valence electrons. The number of halogens is 2. The van der Waals surface area contributed by atoms with Crippen LogP contribution in [0.5, 0.6) is 0 Å². The third kappa shape index (κ3) is 5.71. The molecule has 0 bridgehead atoms. The molecule has 8 heteroatoms. The van der Waals surface area contributed by atoms with E-state index in [1.807, 2.05) is 26.8 Å². The first-order valence-corrected chi connectivity index (χ1v) is 9.39. The third-order valence-corrected chi connectivity index (χ3v) is 4.49. The van der Waals surface area contributed by atoms with Crippen LogP contribution < -0.4 is 5.32 Å². The number of benzene rings is 1. The Kier molecular flexibility index (Phi) is 7.27. The average molecular weight is 412 g/mol. The summed E-state index contributed by atoms with van der Waals surface area (Å²) in [6, 6.07) is 6.92. The number of carbonyl (C=O) groups is 2. The van der Waals surface area contributed by atoms with Gasteiger partial charge in [0.15, 0.2) is 6.61 Å². The van der Waals surface area contributed by atoms with E-state index < -0.39 is 18.5 Å². The maximum absolute atomic E-state index is 12.3. The fourth-order valence-electron chi connectivity index (χ4n) is 2.60. The first kappa shape index (κ1) is 21.3. The molecule has 0 aliphatic rings. The summed E-state index contributed by atoms with van der Waals surface area (Å²) >= 11 is 12.2. The largest absolute Gasteiger partial charge is 0.452 e. The fourth-order valence-corrected chi connectivity index (χ4v) is 3.12. The van der Waals surface area contributed by atoms with Gasteiger partial charge >= 0.3 is 5.97 Å². The fraction of sp³-hybridized carbons (Fsp3) is 0.421. The van der Waals surface area contributed by atoms with E-state index in [4.69, 9.17) is 27.9 Å². The van der Waals surface area contributed by atoms with Crippen LogP contribution in [0.25, 0.3) is 0 Å². The van der Waals surface area contributed by atoms with Gasteiger partial charge in [-0.3, -0.25) is 9.48 Å². The number of hydrogen-bond donors (Lipinski definition) is 1. The Hall–Kier alpha value is -2.05. The SMILES string of the molecule is Cc1nn(CC(C)C)c(Cl)c1C(=O)OCC(=O)N[C@@H](C)c1cccc(Cl)c1. The van der Waals surface area contributed by atoms with E-state index in [9.17, 15) is 9.59 Å². The van der Waals surface area contributed by atoms with E-state index >= 15 is 0 Å². The van der Waals surface area contributed by atoms with Crippen molar-refractivity contribution in [1.29, 1.82) is 0 Å². The van der Waals surface area contributed by atoms with Crippen LogP contribution >= 0.6 is 23.2 Å². The van der Waals surface area contributed by atoms with Gasteiger partial charge in [0, 0.05) is 11.6 Å². The van der Waals surface area contributed by atoms with Crippen molar-refractivity contribution in [2.45, 2.75) is 40.3 Å². The summed E-state index contributed by atoms with van der Waals surface area (Å²) in [5.41, 5.74) is 1.52. The van der Waals surface area contributed by atoms with Crippen LogP contribution in [-0.4, -0.2) is 28.3 Å². The second kappa shape index (κ2) is 9.24. The second-order valence-electron chi connectivity index (χ2n) is 6.75. The number of aromatic nitrogens is 2. The Labute approximate surface area is 168 Å². The molecule has 6 nitrogen and oxygen atoms in total. The Morgan fingerprint density at radius 2 is 1.96 bits per heavy atom. The van der Waals surface area contributed by atoms with Gasteiger partial charge in [0.1, 0.15) is 10.7 Å². The molecule has 1 atom stereocenters. The molecular formula is C19H23Cl2N3O3. The lowest BCUT2D eigenvalue weighted by Crippen LogP contribution is -2.31. The monoisotopic (exact) mass is 411 g/mol. The van der Waals surface area contributed by atoms with Gasteiger partial charge in [-0.1, -0.05) is 49.2 Å². The summed E-state index contributed by atoms with van der Waals surface area (Å²) in [6.45, 7) is 7.73. The molecule has 0 aliphatic carbocycles. The Morgan fingerprint density at radius 3 is 2.59 bits per heavy atom. The molecule has 1 heterocycles. The van der Waals surface area contributed by atoms with E-state index in [-0.39, 0.29) is 16.8 Å². The first-order valence-electron chi connectivity index (χ1n) is 8.64. The lowest BCUT2D eigenvalue weighted by atomic mass is 10.1. The molecule has 0 radical (unpaired) electrons. The molecule has 0 spiro atoms. The molecule has 1 aromatic heterocycles. The van der Waals surface area contributed by atoms with Crippen molar-refractivity contribution in [3.05, 3.63) is 51.3 Å². The molecule has 2 aromatic rings. The zero-order chi connectivity index (χ0) is 20.1. The van der Waals surface area contributed by atoms with Gasteiger partial charge in [-0.2, -0.15) is 5.10 Å². The third-order valence-electron chi connectivity index (χ3n) is 3.87. The topological polar surface area (TPSA) is 73.2 Å². The minimum absolute atomic E-state index is 0.188. The van der Waals surface area contributed by atoms with Gasteiger partial charge < -0.3 is 10.1 Å². The van der Waals surface area contributed by atoms with Crippen molar-refractivity contribution in [3.8, 4) is 0 Å². The van der Waals surface area contributed by atoms with Crippen LogP contribution in [-0.2, 0) is 16.1 Å². The molecule has 1 aromatic carbocycles. The van der Waals surface area contributed by atoms with Gasteiger partial charge in [-0.15, -0.1) is 0 Å². The lowest BCUT2D eigenvalue weighted by Gasteiger charge is -2.14. The number of carbonyl (C=O) groups excluding carboxylic acids is 2. The van der Waals surface area contributed by atoms with Crippen LogP contribution in [0, 0.1) is 12.8 Å². The number of hydrogen-bond acceptors (Lipinski definition) is 4. The number of esters is 1. The smallest absolute Gasteiger partial charge is 0.343 e. The molecule has 0 fully saturated rings. The maximum Gasteiger partial charge on any atom is 0.343 e. The molecule has 0 aliphatic heterocycles. The zero-order valence-corrected chi connectivity index (χ0v) is 17.3. The zero-order valence-electron chi connectivity index (χ0n) is 15.8. The highest BCUT2D eigenvalue weighted by Gasteiger charge is 2.23. The molecular weight excluding hydrogens is 389 g/mol. The molecule has 2 rings (SSSR count). The Balaban J connectivity index is 1.95. The standard InChI is InChI=1S/C19H23Cl2N3O3/c1-11(2)9-24-18(21)17(13(4)23-24)19(26)27-10-16(25)22-12(3)14-6-5-7-15(20)8-14/h5-8,11-12H,9-10H2,1-4H3,(H,22,25)/t12-/m0/s1. The normalized spacial score (nSPS) is 12.1. The summed E-state index contributed by atoms with van der Waals surface area (Å²) in [5.74, 6) is -0.762. The van der Waals surface area contributed by atoms with Crippen LogP contribution in [0.3, 0.4) is 0 Å². The van der Waals surface area contributed by atoms with Crippen molar-refractivity contribution < 1.29 is 14.3 Å². The van der Waals surface area contributed by atoms with Crippen LogP contribution in [0.4, 0.5) is 0 Å². The van der Waals surface area contributed by atoms with Gasteiger partial charge in [0.2, 0.25) is 0 Å². The van der Waals surface area contributed by atoms with Crippen molar-refractivity contribution in [3.63, 3.8) is 0 Å². The second-order valence-corrected chi connectivity index (χ2v) is 7.54. The molecule has 0 saturated carbocycles. The summed E-state index contributed by atoms with van der Waals surface area (Å²) in [4.78, 5) is 24.4. The van der Waals surface area contributed by atoms with Crippen LogP contribution in [0.2, 0.25) is 10.2 Å². The van der Waals surface area contributed by atoms with Gasteiger partial charge in [-0.25, -0.2) is 4.79 Å². The number of nitrogens with one attached hydrogen (secondary N) is 1. The van der Waals surface area contributed by atoms with Gasteiger partial charge in [0.05, 0.1) is 11.7 Å². The van der Waals surface area contributed by atoms with E-state index in [0.29, 0.717) is 23.2 Å². The minimum Gasteiger partial charge on any atom is -0.452 e. The molecule has 1 amide bonds. The van der Waals surface area contributed by atoms with Crippen molar-refractivity contribution in [2.24, 2.45) is 5.92 Å². The van der Waals surface area contributed by atoms with Crippen LogP contribution in [0.15, 0.2) is 24.3 Å². The van der Waals surface area contributed by atoms with E-state index in [0.717, 1.165) is 5.56 Å². The van der Waals surface area contributed by atoms with Crippen molar-refractivity contribution in [1.82, 2.24) is 15.1 Å². The highest BCUT2D eigenvalue weighted by Crippen LogP contribution is 2.22. The maximum atomic E-state index is 12.3. The summed E-state index contributed by atoms with van der Waals surface area (Å²) in [5, 5.41) is 7.84. The van der Waals surface area contributed by atoms with Gasteiger partial charge in [-0.05, 0) is 37.5 Å². The predicted molar refractivity (Wildman–Crippen MR) is 105 cm³/mol.